The smallest absolute Gasteiger partial charge is 0.228 e. The molecule has 0 aliphatic carbocycles. The third kappa shape index (κ3) is 2.89. The molecule has 5 nitrogen and oxygen atoms in total. The lowest BCUT2D eigenvalue weighted by molar-refractivity contribution is 0.311. The Morgan fingerprint density at radius 3 is 2.40 bits per heavy atom. The number of anilines is 1. The van der Waals surface area contributed by atoms with Crippen molar-refractivity contribution >= 4 is 17.5 Å². The number of piperazine rings is 1. The van der Waals surface area contributed by atoms with Gasteiger partial charge < -0.3 is 9.80 Å². The Morgan fingerprint density at radius 2 is 1.70 bits per heavy atom. The average molecular weight is 290 g/mol. The van der Waals surface area contributed by atoms with Gasteiger partial charge in [0.25, 0.3) is 0 Å². The zero-order valence-corrected chi connectivity index (χ0v) is 12.1. The van der Waals surface area contributed by atoms with E-state index < -0.39 is 0 Å². The molecule has 0 unspecified atom stereocenters. The van der Waals surface area contributed by atoms with Gasteiger partial charge >= 0.3 is 0 Å². The van der Waals surface area contributed by atoms with Crippen LogP contribution >= 0.6 is 11.6 Å². The van der Waals surface area contributed by atoms with Crippen LogP contribution in [-0.4, -0.2) is 53.1 Å². The van der Waals surface area contributed by atoms with Gasteiger partial charge in [0.05, 0.1) is 0 Å². The first-order valence-corrected chi connectivity index (χ1v) is 6.98. The van der Waals surface area contributed by atoms with Crippen LogP contribution in [0.4, 0.5) is 5.95 Å². The van der Waals surface area contributed by atoms with Gasteiger partial charge in [-0.2, -0.15) is 4.98 Å². The molecular weight excluding hydrogens is 274 g/mol. The fourth-order valence-electron chi connectivity index (χ4n) is 2.18. The maximum Gasteiger partial charge on any atom is 0.228 e. The molecule has 6 heteroatoms. The number of rotatable bonds is 2. The standard InChI is InChI=1S/C14H16ClN5/c1-19-6-8-20(9-7-19)14-17-10-16-13(18-14)11-2-4-12(15)5-3-11/h2-5,10H,6-9H2,1H3. The maximum absolute atomic E-state index is 5.90. The van der Waals surface area contributed by atoms with E-state index in [4.69, 9.17) is 11.6 Å². The van der Waals surface area contributed by atoms with E-state index in [1.165, 1.54) is 0 Å². The predicted molar refractivity (Wildman–Crippen MR) is 80.0 cm³/mol. The second-order valence-corrected chi connectivity index (χ2v) is 5.34. The first kappa shape index (κ1) is 13.3. The Kier molecular flexibility index (Phi) is 3.80. The molecule has 1 saturated heterocycles. The van der Waals surface area contributed by atoms with Crippen molar-refractivity contribution in [2.75, 3.05) is 38.1 Å². The number of hydrogen-bond acceptors (Lipinski definition) is 5. The minimum Gasteiger partial charge on any atom is -0.338 e. The molecule has 1 aliphatic heterocycles. The Bertz CT molecular complexity index is 578. The monoisotopic (exact) mass is 289 g/mol. The molecule has 3 rings (SSSR count). The highest BCUT2D eigenvalue weighted by Gasteiger charge is 2.17. The van der Waals surface area contributed by atoms with Crippen LogP contribution in [0.2, 0.25) is 5.02 Å². The second kappa shape index (κ2) is 5.73. The normalized spacial score (nSPS) is 16.4. The van der Waals surface area contributed by atoms with E-state index in [0.717, 1.165) is 37.7 Å². The van der Waals surface area contributed by atoms with Crippen LogP contribution < -0.4 is 4.90 Å². The first-order chi connectivity index (χ1) is 9.72. The summed E-state index contributed by atoms with van der Waals surface area (Å²) in [4.78, 5) is 17.6. The lowest BCUT2D eigenvalue weighted by Gasteiger charge is -2.32. The summed E-state index contributed by atoms with van der Waals surface area (Å²) in [6.07, 6.45) is 1.57. The maximum atomic E-state index is 5.90. The summed E-state index contributed by atoms with van der Waals surface area (Å²) in [6.45, 7) is 3.95. The third-order valence-electron chi connectivity index (χ3n) is 3.45. The van der Waals surface area contributed by atoms with Crippen molar-refractivity contribution in [1.29, 1.82) is 0 Å². The van der Waals surface area contributed by atoms with Crippen LogP contribution in [0.15, 0.2) is 30.6 Å². The van der Waals surface area contributed by atoms with E-state index in [1.807, 2.05) is 24.3 Å². The number of nitrogens with zero attached hydrogens (tertiary/aromatic N) is 5. The zero-order valence-electron chi connectivity index (χ0n) is 11.3. The third-order valence-corrected chi connectivity index (χ3v) is 3.70. The largest absolute Gasteiger partial charge is 0.338 e. The molecule has 2 aromatic rings. The summed E-state index contributed by atoms with van der Waals surface area (Å²) in [5.41, 5.74) is 0.951. The molecule has 0 saturated carbocycles. The molecule has 0 spiro atoms. The van der Waals surface area contributed by atoms with Crippen molar-refractivity contribution in [3.05, 3.63) is 35.6 Å². The summed E-state index contributed by atoms with van der Waals surface area (Å²) < 4.78 is 0. The first-order valence-electron chi connectivity index (χ1n) is 6.61. The highest BCUT2D eigenvalue weighted by molar-refractivity contribution is 6.30. The van der Waals surface area contributed by atoms with E-state index >= 15 is 0 Å². The fourth-order valence-corrected chi connectivity index (χ4v) is 2.31. The van der Waals surface area contributed by atoms with Crippen molar-refractivity contribution in [1.82, 2.24) is 19.9 Å². The van der Waals surface area contributed by atoms with Crippen molar-refractivity contribution in [3.8, 4) is 11.4 Å². The second-order valence-electron chi connectivity index (χ2n) is 4.91. The summed E-state index contributed by atoms with van der Waals surface area (Å²) in [5, 5.41) is 0.710. The number of halogens is 1. The van der Waals surface area contributed by atoms with Crippen LogP contribution in [-0.2, 0) is 0 Å². The summed E-state index contributed by atoms with van der Waals surface area (Å²) in [6, 6.07) is 7.53. The highest BCUT2D eigenvalue weighted by atomic mass is 35.5. The van der Waals surface area contributed by atoms with Crippen LogP contribution in [0.3, 0.4) is 0 Å². The Morgan fingerprint density at radius 1 is 1.00 bits per heavy atom. The van der Waals surface area contributed by atoms with Gasteiger partial charge in [-0.15, -0.1) is 0 Å². The molecule has 1 fully saturated rings. The lowest BCUT2D eigenvalue weighted by Crippen LogP contribution is -2.45. The lowest BCUT2D eigenvalue weighted by atomic mass is 10.2. The number of benzene rings is 1. The van der Waals surface area contributed by atoms with Gasteiger partial charge in [-0.1, -0.05) is 11.6 Å². The quantitative estimate of drug-likeness (QED) is 0.845. The van der Waals surface area contributed by atoms with E-state index in [9.17, 15) is 0 Å². The predicted octanol–water partition coefficient (Wildman–Crippen LogP) is 1.94. The van der Waals surface area contributed by atoms with Gasteiger partial charge in [0, 0.05) is 36.8 Å². The molecule has 20 heavy (non-hydrogen) atoms. The molecule has 2 heterocycles. The van der Waals surface area contributed by atoms with E-state index in [2.05, 4.69) is 31.8 Å². The molecule has 0 atom stereocenters. The number of likely N-dealkylation sites (N-methyl/N-ethyl adjacent to an activating group) is 1. The number of hydrogen-bond donors (Lipinski definition) is 0. The Balaban J connectivity index is 1.84. The summed E-state index contributed by atoms with van der Waals surface area (Å²) >= 11 is 5.90. The molecule has 104 valence electrons. The van der Waals surface area contributed by atoms with Gasteiger partial charge in [0.15, 0.2) is 5.82 Å². The van der Waals surface area contributed by atoms with E-state index in [0.29, 0.717) is 10.8 Å². The molecule has 1 aliphatic rings. The zero-order chi connectivity index (χ0) is 13.9. The Labute approximate surface area is 123 Å². The van der Waals surface area contributed by atoms with Crippen LogP contribution in [0.5, 0.6) is 0 Å². The van der Waals surface area contributed by atoms with Crippen molar-refractivity contribution in [2.24, 2.45) is 0 Å². The van der Waals surface area contributed by atoms with Gasteiger partial charge in [0.1, 0.15) is 6.33 Å². The van der Waals surface area contributed by atoms with Crippen molar-refractivity contribution in [3.63, 3.8) is 0 Å². The van der Waals surface area contributed by atoms with E-state index in [1.54, 1.807) is 6.33 Å². The Hall–Kier alpha value is -1.72. The SMILES string of the molecule is CN1CCN(c2ncnc(-c3ccc(Cl)cc3)n2)CC1. The topological polar surface area (TPSA) is 45.2 Å². The molecule has 0 radical (unpaired) electrons. The molecular formula is C14H16ClN5. The fraction of sp³-hybridized carbons (Fsp3) is 0.357. The van der Waals surface area contributed by atoms with Gasteiger partial charge in [0.2, 0.25) is 5.95 Å². The minimum atomic E-state index is 0.686. The van der Waals surface area contributed by atoms with Crippen molar-refractivity contribution in [2.45, 2.75) is 0 Å². The van der Waals surface area contributed by atoms with E-state index in [-0.39, 0.29) is 0 Å². The average Bonchev–Trinajstić information content (AvgIpc) is 2.49. The highest BCUT2D eigenvalue weighted by Crippen LogP contribution is 2.19. The van der Waals surface area contributed by atoms with Gasteiger partial charge in [-0.25, -0.2) is 9.97 Å². The van der Waals surface area contributed by atoms with Crippen LogP contribution in [0.25, 0.3) is 11.4 Å². The van der Waals surface area contributed by atoms with Crippen molar-refractivity contribution < 1.29 is 0 Å². The van der Waals surface area contributed by atoms with Crippen LogP contribution in [0, 0.1) is 0 Å². The minimum absolute atomic E-state index is 0.686. The molecule has 0 amide bonds. The van der Waals surface area contributed by atoms with Gasteiger partial charge in [-0.05, 0) is 31.3 Å². The van der Waals surface area contributed by atoms with Crippen LogP contribution in [0.1, 0.15) is 0 Å². The van der Waals surface area contributed by atoms with Gasteiger partial charge in [-0.3, -0.25) is 0 Å². The number of aromatic nitrogens is 3. The molecule has 1 aromatic heterocycles. The summed E-state index contributed by atoms with van der Waals surface area (Å²) in [5.74, 6) is 1.43. The molecule has 1 aromatic carbocycles. The summed E-state index contributed by atoms with van der Waals surface area (Å²) in [7, 11) is 2.13. The molecule has 0 bridgehead atoms. The molecule has 0 N–H and O–H groups in total.